The van der Waals surface area contributed by atoms with Crippen LogP contribution < -0.4 is 0 Å². The summed E-state index contributed by atoms with van der Waals surface area (Å²) >= 11 is 1.66. The molecule has 1 unspecified atom stereocenters. The quantitative estimate of drug-likeness (QED) is 0.886. The fourth-order valence-corrected chi connectivity index (χ4v) is 2.24. The van der Waals surface area contributed by atoms with Crippen LogP contribution in [0.2, 0.25) is 0 Å². The van der Waals surface area contributed by atoms with Gasteiger partial charge in [-0.05, 0) is 30.4 Å². The van der Waals surface area contributed by atoms with Gasteiger partial charge in [0.15, 0.2) is 0 Å². The zero-order valence-electron chi connectivity index (χ0n) is 8.64. The molecule has 4 heteroatoms. The smallest absolute Gasteiger partial charge is 0.141 e. The van der Waals surface area contributed by atoms with Crippen LogP contribution in [0.3, 0.4) is 0 Å². The fourth-order valence-electron chi connectivity index (χ4n) is 1.51. The molecule has 1 atom stereocenters. The van der Waals surface area contributed by atoms with Crippen LogP contribution in [0.25, 0.3) is 0 Å². The molecule has 0 aromatic carbocycles. The van der Waals surface area contributed by atoms with Gasteiger partial charge >= 0.3 is 0 Å². The Morgan fingerprint density at radius 1 is 1.44 bits per heavy atom. The summed E-state index contributed by atoms with van der Waals surface area (Å²) in [5.41, 5.74) is 0.538. The van der Waals surface area contributed by atoms with Crippen molar-refractivity contribution < 1.29 is 9.50 Å². The Hall–Kier alpha value is -1.26. The largest absolute Gasteiger partial charge is 0.388 e. The summed E-state index contributed by atoms with van der Waals surface area (Å²) in [5, 5.41) is 11.8. The normalized spacial score (nSPS) is 12.6. The highest BCUT2D eigenvalue weighted by Crippen LogP contribution is 2.20. The third kappa shape index (κ3) is 2.87. The number of hydrogen-bond donors (Lipinski definition) is 1. The third-order valence-corrected chi connectivity index (χ3v) is 3.29. The number of aromatic nitrogens is 1. The second-order valence-electron chi connectivity index (χ2n) is 3.57. The second kappa shape index (κ2) is 5.18. The van der Waals surface area contributed by atoms with Gasteiger partial charge in [-0.15, -0.1) is 11.3 Å². The first-order valence-corrected chi connectivity index (χ1v) is 5.94. The van der Waals surface area contributed by atoms with Gasteiger partial charge in [-0.1, -0.05) is 6.07 Å². The molecule has 0 aliphatic heterocycles. The first-order chi connectivity index (χ1) is 7.75. The van der Waals surface area contributed by atoms with Crippen molar-refractivity contribution in [3.63, 3.8) is 0 Å². The summed E-state index contributed by atoms with van der Waals surface area (Å²) in [6, 6.07) is 5.34. The van der Waals surface area contributed by atoms with E-state index >= 15 is 0 Å². The van der Waals surface area contributed by atoms with Crippen LogP contribution in [-0.2, 0) is 6.42 Å². The van der Waals surface area contributed by atoms with Gasteiger partial charge in [0.05, 0.1) is 12.3 Å². The molecule has 0 radical (unpaired) electrons. The number of hydrogen-bond acceptors (Lipinski definition) is 3. The van der Waals surface area contributed by atoms with Crippen molar-refractivity contribution in [2.45, 2.75) is 18.9 Å². The van der Waals surface area contributed by atoms with Gasteiger partial charge in [-0.2, -0.15) is 0 Å². The predicted molar refractivity (Wildman–Crippen MR) is 61.8 cm³/mol. The summed E-state index contributed by atoms with van der Waals surface area (Å²) in [6.07, 6.45) is 3.38. The topological polar surface area (TPSA) is 33.1 Å². The summed E-state index contributed by atoms with van der Waals surface area (Å²) in [6.45, 7) is 0. The van der Waals surface area contributed by atoms with Gasteiger partial charge < -0.3 is 5.11 Å². The molecule has 2 rings (SSSR count). The van der Waals surface area contributed by atoms with Crippen LogP contribution in [0.15, 0.2) is 36.0 Å². The molecule has 0 spiro atoms. The van der Waals surface area contributed by atoms with Crippen LogP contribution in [0.5, 0.6) is 0 Å². The van der Waals surface area contributed by atoms with Gasteiger partial charge in [0.25, 0.3) is 0 Å². The number of aliphatic hydroxyl groups excluding tert-OH is 1. The zero-order chi connectivity index (χ0) is 11.4. The minimum Gasteiger partial charge on any atom is -0.388 e. The maximum Gasteiger partial charge on any atom is 0.141 e. The molecule has 16 heavy (non-hydrogen) atoms. The number of pyridine rings is 1. The lowest BCUT2D eigenvalue weighted by Crippen LogP contribution is -2.00. The SMILES string of the molecule is OC(CCc1cccs1)c1cncc(F)c1. The molecule has 0 fully saturated rings. The predicted octanol–water partition coefficient (Wildman–Crippen LogP) is 2.95. The van der Waals surface area contributed by atoms with E-state index in [-0.39, 0.29) is 0 Å². The van der Waals surface area contributed by atoms with Crippen molar-refractivity contribution in [3.8, 4) is 0 Å². The monoisotopic (exact) mass is 237 g/mol. The van der Waals surface area contributed by atoms with Crippen LogP contribution in [0, 0.1) is 5.82 Å². The Balaban J connectivity index is 1.95. The van der Waals surface area contributed by atoms with E-state index in [1.165, 1.54) is 17.1 Å². The fraction of sp³-hybridized carbons (Fsp3) is 0.250. The average molecular weight is 237 g/mol. The molecule has 1 N–H and O–H groups in total. The van der Waals surface area contributed by atoms with E-state index in [1.54, 1.807) is 11.3 Å². The van der Waals surface area contributed by atoms with Crippen LogP contribution in [0.4, 0.5) is 4.39 Å². The Labute approximate surface area is 97.4 Å². The highest BCUT2D eigenvalue weighted by atomic mass is 32.1. The first kappa shape index (κ1) is 11.2. The van der Waals surface area contributed by atoms with Gasteiger partial charge in [-0.3, -0.25) is 4.98 Å². The van der Waals surface area contributed by atoms with Crippen LogP contribution in [-0.4, -0.2) is 10.1 Å². The molecule has 2 nitrogen and oxygen atoms in total. The zero-order valence-corrected chi connectivity index (χ0v) is 9.45. The lowest BCUT2D eigenvalue weighted by Gasteiger charge is -2.09. The standard InChI is InChI=1S/C12H12FNOS/c13-10-6-9(7-14-8-10)12(15)4-3-11-2-1-5-16-11/h1-2,5-8,12,15H,3-4H2. The Bertz CT molecular complexity index is 444. The average Bonchev–Trinajstić information content (AvgIpc) is 2.78. The maximum atomic E-state index is 12.9. The number of halogens is 1. The highest BCUT2D eigenvalue weighted by molar-refractivity contribution is 7.09. The Kier molecular flexibility index (Phi) is 3.64. The number of nitrogens with zero attached hydrogens (tertiary/aromatic N) is 1. The molecule has 0 amide bonds. The maximum absolute atomic E-state index is 12.9. The molecule has 0 aliphatic carbocycles. The minimum absolute atomic E-state index is 0.410. The molecule has 0 bridgehead atoms. The lowest BCUT2D eigenvalue weighted by molar-refractivity contribution is 0.167. The van der Waals surface area contributed by atoms with Crippen molar-refractivity contribution in [3.05, 3.63) is 52.2 Å². The number of aliphatic hydroxyl groups is 1. The number of aryl methyl sites for hydroxylation is 1. The number of rotatable bonds is 4. The van der Waals surface area contributed by atoms with Crippen LogP contribution in [0.1, 0.15) is 23.0 Å². The van der Waals surface area contributed by atoms with Gasteiger partial charge in [0.1, 0.15) is 5.82 Å². The van der Waals surface area contributed by atoms with Gasteiger partial charge in [-0.25, -0.2) is 4.39 Å². The highest BCUT2D eigenvalue weighted by Gasteiger charge is 2.09. The van der Waals surface area contributed by atoms with E-state index in [9.17, 15) is 9.50 Å². The second-order valence-corrected chi connectivity index (χ2v) is 4.60. The minimum atomic E-state index is -0.648. The van der Waals surface area contributed by atoms with Crippen molar-refractivity contribution in [1.29, 1.82) is 0 Å². The summed E-state index contributed by atoms with van der Waals surface area (Å²) < 4.78 is 12.9. The molecule has 0 saturated heterocycles. The lowest BCUT2D eigenvalue weighted by atomic mass is 10.1. The van der Waals surface area contributed by atoms with Crippen molar-refractivity contribution in [1.82, 2.24) is 4.98 Å². The van der Waals surface area contributed by atoms with Crippen molar-refractivity contribution in [2.24, 2.45) is 0 Å². The van der Waals surface area contributed by atoms with E-state index in [1.807, 2.05) is 17.5 Å². The van der Waals surface area contributed by atoms with E-state index in [4.69, 9.17) is 0 Å². The van der Waals surface area contributed by atoms with E-state index in [2.05, 4.69) is 4.98 Å². The molecular formula is C12H12FNOS. The van der Waals surface area contributed by atoms with Crippen molar-refractivity contribution >= 4 is 11.3 Å². The van der Waals surface area contributed by atoms with E-state index in [0.29, 0.717) is 12.0 Å². The van der Waals surface area contributed by atoms with Crippen molar-refractivity contribution in [2.75, 3.05) is 0 Å². The van der Waals surface area contributed by atoms with Gasteiger partial charge in [0, 0.05) is 16.6 Å². The molecule has 0 aliphatic rings. The number of thiophene rings is 1. The molecule has 2 heterocycles. The first-order valence-electron chi connectivity index (χ1n) is 5.06. The van der Waals surface area contributed by atoms with E-state index < -0.39 is 11.9 Å². The van der Waals surface area contributed by atoms with Gasteiger partial charge in [0.2, 0.25) is 0 Å². The van der Waals surface area contributed by atoms with Crippen LogP contribution >= 0.6 is 11.3 Å². The van der Waals surface area contributed by atoms with E-state index in [0.717, 1.165) is 12.6 Å². The molecule has 2 aromatic rings. The summed E-state index contributed by atoms with van der Waals surface area (Å²) in [5.74, 6) is -0.410. The molecule has 0 saturated carbocycles. The molecule has 84 valence electrons. The third-order valence-electron chi connectivity index (χ3n) is 2.36. The Morgan fingerprint density at radius 3 is 3.00 bits per heavy atom. The Morgan fingerprint density at radius 2 is 2.31 bits per heavy atom. The molecule has 2 aromatic heterocycles. The molecular weight excluding hydrogens is 225 g/mol. The summed E-state index contributed by atoms with van der Waals surface area (Å²) in [4.78, 5) is 4.94. The summed E-state index contributed by atoms with van der Waals surface area (Å²) in [7, 11) is 0.